The lowest BCUT2D eigenvalue weighted by Crippen LogP contribution is -2.40. The molecule has 1 aliphatic rings. The molecule has 0 saturated heterocycles. The number of carbonyl (C=O) groups is 1. The van der Waals surface area contributed by atoms with Gasteiger partial charge in [0, 0.05) is 19.7 Å². The molecule has 0 amide bonds. The minimum Gasteiger partial charge on any atom is -0.384 e. The Morgan fingerprint density at radius 2 is 2.00 bits per heavy atom. The van der Waals surface area contributed by atoms with Crippen molar-refractivity contribution < 1.29 is 9.53 Å². The predicted molar refractivity (Wildman–Crippen MR) is 102 cm³/mol. The van der Waals surface area contributed by atoms with E-state index >= 15 is 0 Å². The third kappa shape index (κ3) is 4.53. The van der Waals surface area contributed by atoms with Crippen molar-refractivity contribution in [2.24, 2.45) is 0 Å². The quantitative estimate of drug-likeness (QED) is 0.624. The number of ketones is 1. The van der Waals surface area contributed by atoms with Crippen LogP contribution < -0.4 is 17.0 Å². The molecule has 0 spiro atoms. The zero-order valence-electron chi connectivity index (χ0n) is 15.3. The highest BCUT2D eigenvalue weighted by molar-refractivity contribution is 6.01. The smallest absolute Gasteiger partial charge is 0.330 e. The van der Waals surface area contributed by atoms with Crippen molar-refractivity contribution in [3.05, 3.63) is 62.3 Å². The van der Waals surface area contributed by atoms with Crippen molar-refractivity contribution in [1.82, 2.24) is 14.5 Å². The highest BCUT2D eigenvalue weighted by Crippen LogP contribution is 2.28. The van der Waals surface area contributed by atoms with Gasteiger partial charge in [-0.1, -0.05) is 30.3 Å². The molecule has 0 aliphatic heterocycles. The molecule has 2 aromatic rings. The number of aromatic amines is 1. The van der Waals surface area contributed by atoms with Crippen molar-refractivity contribution in [3.8, 4) is 0 Å². The maximum Gasteiger partial charge on any atom is 0.330 e. The Kier molecular flexibility index (Phi) is 5.88. The number of hydrogen-bond donors (Lipinski definition) is 2. The van der Waals surface area contributed by atoms with E-state index in [0.29, 0.717) is 12.6 Å². The summed E-state index contributed by atoms with van der Waals surface area (Å²) in [7, 11) is 1.50. The first kappa shape index (κ1) is 19.1. The minimum absolute atomic E-state index is 0.0787. The number of aromatic nitrogens is 2. The standard InChI is InChI=1S/C19H24N4O4/c1-27-10-9-23-17(20)16(18(25)21-19(23)26)15(24)12-22(14-7-8-14)11-13-5-3-2-4-6-13/h2-6,14H,7-12,20H2,1H3,(H,21,25,26). The van der Waals surface area contributed by atoms with Gasteiger partial charge in [0.2, 0.25) is 0 Å². The van der Waals surface area contributed by atoms with E-state index in [1.165, 1.54) is 7.11 Å². The number of rotatable bonds is 9. The Morgan fingerprint density at radius 3 is 2.63 bits per heavy atom. The van der Waals surface area contributed by atoms with E-state index < -0.39 is 11.2 Å². The normalized spacial score (nSPS) is 13.9. The van der Waals surface area contributed by atoms with Gasteiger partial charge in [-0.05, 0) is 18.4 Å². The maximum absolute atomic E-state index is 12.9. The summed E-state index contributed by atoms with van der Waals surface area (Å²) in [4.78, 5) is 41.3. The molecule has 3 N–H and O–H groups in total. The first-order valence-corrected chi connectivity index (χ1v) is 8.94. The molecule has 8 heteroatoms. The van der Waals surface area contributed by atoms with E-state index in [4.69, 9.17) is 10.5 Å². The molecule has 3 rings (SSSR count). The summed E-state index contributed by atoms with van der Waals surface area (Å²) in [5.74, 6) is -0.496. The lowest BCUT2D eigenvalue weighted by Gasteiger charge is -2.21. The monoisotopic (exact) mass is 372 g/mol. The average molecular weight is 372 g/mol. The summed E-state index contributed by atoms with van der Waals surface area (Å²) in [6.45, 7) is 1.11. The molecule has 27 heavy (non-hydrogen) atoms. The molecule has 8 nitrogen and oxygen atoms in total. The van der Waals surface area contributed by atoms with Crippen molar-refractivity contribution in [1.29, 1.82) is 0 Å². The molecule has 0 unspecified atom stereocenters. The van der Waals surface area contributed by atoms with Gasteiger partial charge in [-0.15, -0.1) is 0 Å². The molecule has 1 aromatic carbocycles. The van der Waals surface area contributed by atoms with Crippen LogP contribution >= 0.6 is 0 Å². The number of nitrogens with two attached hydrogens (primary N) is 1. The van der Waals surface area contributed by atoms with E-state index in [-0.39, 0.29) is 36.9 Å². The largest absolute Gasteiger partial charge is 0.384 e. The van der Waals surface area contributed by atoms with Gasteiger partial charge in [-0.2, -0.15) is 0 Å². The van der Waals surface area contributed by atoms with Crippen LogP contribution in [0, 0.1) is 0 Å². The van der Waals surface area contributed by atoms with E-state index in [9.17, 15) is 14.4 Å². The first-order valence-electron chi connectivity index (χ1n) is 8.94. The van der Waals surface area contributed by atoms with Crippen LogP contribution in [0.25, 0.3) is 0 Å². The maximum atomic E-state index is 12.9. The number of H-pyrrole nitrogens is 1. The Morgan fingerprint density at radius 1 is 1.30 bits per heavy atom. The molecule has 0 atom stereocenters. The second-order valence-electron chi connectivity index (χ2n) is 6.71. The fraction of sp³-hybridized carbons (Fsp3) is 0.421. The second kappa shape index (κ2) is 8.32. The van der Waals surface area contributed by atoms with Crippen molar-refractivity contribution in [3.63, 3.8) is 0 Å². The number of hydrogen-bond acceptors (Lipinski definition) is 6. The molecule has 1 saturated carbocycles. The zero-order chi connectivity index (χ0) is 19.4. The number of anilines is 1. The van der Waals surface area contributed by atoms with Gasteiger partial charge in [0.15, 0.2) is 5.78 Å². The van der Waals surface area contributed by atoms with Crippen molar-refractivity contribution >= 4 is 11.6 Å². The number of Topliss-reactive ketones (excluding diaryl/α,β-unsaturated/α-hetero) is 1. The van der Waals surface area contributed by atoms with Crippen molar-refractivity contribution in [2.45, 2.75) is 32.0 Å². The zero-order valence-corrected chi connectivity index (χ0v) is 15.3. The van der Waals surface area contributed by atoms with E-state index in [1.807, 2.05) is 30.3 Å². The van der Waals surface area contributed by atoms with E-state index in [0.717, 1.165) is 23.0 Å². The fourth-order valence-electron chi connectivity index (χ4n) is 3.10. The lowest BCUT2D eigenvalue weighted by molar-refractivity contribution is 0.0917. The van der Waals surface area contributed by atoms with Crippen LogP contribution in [0.4, 0.5) is 5.82 Å². The van der Waals surface area contributed by atoms with E-state index in [2.05, 4.69) is 9.88 Å². The number of nitrogens with zero attached hydrogens (tertiary/aromatic N) is 2. The summed E-state index contributed by atoms with van der Waals surface area (Å²) in [5.41, 5.74) is 5.55. The van der Waals surface area contributed by atoms with Crippen LogP contribution in [0.15, 0.2) is 39.9 Å². The number of carbonyl (C=O) groups excluding carboxylic acids is 1. The molecule has 0 bridgehead atoms. The number of benzene rings is 1. The van der Waals surface area contributed by atoms with Crippen LogP contribution in [0.3, 0.4) is 0 Å². The third-order valence-corrected chi connectivity index (χ3v) is 4.68. The van der Waals surface area contributed by atoms with Crippen LogP contribution in [0.1, 0.15) is 28.8 Å². The van der Waals surface area contributed by atoms with Gasteiger partial charge < -0.3 is 10.5 Å². The Balaban J connectivity index is 1.84. The molecular weight excluding hydrogens is 348 g/mol. The average Bonchev–Trinajstić information content (AvgIpc) is 3.47. The Bertz CT molecular complexity index is 916. The SMILES string of the molecule is COCCn1c(N)c(C(=O)CN(Cc2ccccc2)C2CC2)c(=O)[nH]c1=O. The third-order valence-electron chi connectivity index (χ3n) is 4.68. The minimum atomic E-state index is -0.744. The van der Waals surface area contributed by atoms with Crippen LogP contribution in [0.5, 0.6) is 0 Å². The summed E-state index contributed by atoms with van der Waals surface area (Å²) in [5, 5.41) is 0. The Labute approximate surface area is 156 Å². The number of nitrogen functional groups attached to an aromatic ring is 1. The van der Waals surface area contributed by atoms with Crippen LogP contribution in [-0.2, 0) is 17.8 Å². The Hall–Kier alpha value is -2.71. The van der Waals surface area contributed by atoms with Gasteiger partial charge >= 0.3 is 5.69 Å². The lowest BCUT2D eigenvalue weighted by atomic mass is 10.1. The summed E-state index contributed by atoms with van der Waals surface area (Å²) >= 11 is 0. The molecule has 1 heterocycles. The van der Waals surface area contributed by atoms with Gasteiger partial charge in [0.25, 0.3) is 5.56 Å². The fourth-order valence-corrected chi connectivity index (χ4v) is 3.10. The van der Waals surface area contributed by atoms with Gasteiger partial charge in [0.1, 0.15) is 11.4 Å². The topological polar surface area (TPSA) is 110 Å². The molecule has 1 aromatic heterocycles. The predicted octanol–water partition coefficient (Wildman–Crippen LogP) is 0.613. The highest BCUT2D eigenvalue weighted by atomic mass is 16.5. The van der Waals surface area contributed by atoms with Crippen LogP contribution in [0.2, 0.25) is 0 Å². The van der Waals surface area contributed by atoms with Crippen LogP contribution in [-0.4, -0.2) is 46.5 Å². The number of methoxy groups -OCH3 is 1. The summed E-state index contributed by atoms with van der Waals surface area (Å²) < 4.78 is 6.12. The molecular formula is C19H24N4O4. The molecule has 0 radical (unpaired) electrons. The van der Waals surface area contributed by atoms with Gasteiger partial charge in [-0.25, -0.2) is 4.79 Å². The van der Waals surface area contributed by atoms with Gasteiger partial charge in [0.05, 0.1) is 19.7 Å². The molecule has 1 aliphatic carbocycles. The summed E-state index contributed by atoms with van der Waals surface area (Å²) in [6, 6.07) is 10.2. The molecule has 144 valence electrons. The summed E-state index contributed by atoms with van der Waals surface area (Å²) in [6.07, 6.45) is 2.05. The first-order chi connectivity index (χ1) is 13.0. The highest BCUT2D eigenvalue weighted by Gasteiger charge is 2.31. The second-order valence-corrected chi connectivity index (χ2v) is 6.71. The van der Waals surface area contributed by atoms with E-state index in [1.54, 1.807) is 0 Å². The van der Waals surface area contributed by atoms with Gasteiger partial charge in [-0.3, -0.25) is 24.0 Å². The number of ether oxygens (including phenoxy) is 1. The number of nitrogens with one attached hydrogen (secondary N) is 1. The van der Waals surface area contributed by atoms with Crippen molar-refractivity contribution in [2.75, 3.05) is 26.0 Å². The molecule has 1 fully saturated rings.